The number of nitrogens with zero attached hydrogens (tertiary/aromatic N) is 1. The summed E-state index contributed by atoms with van der Waals surface area (Å²) < 4.78 is 27.7. The van der Waals surface area contributed by atoms with Gasteiger partial charge in [-0.05, 0) is 32.3 Å². The molecule has 1 saturated carbocycles. The Morgan fingerprint density at radius 3 is 2.40 bits per heavy atom. The number of amides is 1. The number of hydrogen-bond acceptors (Lipinski definition) is 13. The van der Waals surface area contributed by atoms with Gasteiger partial charge in [0.2, 0.25) is 12.2 Å². The number of rotatable bonds is 4. The van der Waals surface area contributed by atoms with E-state index in [2.05, 4.69) is 17.1 Å². The average Bonchev–Trinajstić information content (AvgIpc) is 3.77. The number of phenols is 2. The quantitative estimate of drug-likeness (QED) is 0.197. The van der Waals surface area contributed by atoms with Crippen LogP contribution in [0.5, 0.6) is 17.2 Å². The maximum absolute atomic E-state index is 13.0. The number of fused-ring (bicyclic) bond motifs is 6. The number of carbonyl (C=O) groups is 3. The number of aliphatic hydroxyl groups is 2. The average molecular weight is 699 g/mol. The summed E-state index contributed by atoms with van der Waals surface area (Å²) in [6, 6.07) is 5.48. The molecule has 7 atom stereocenters. The summed E-state index contributed by atoms with van der Waals surface area (Å²) in [4.78, 5) is 38.2. The standard InChI is InChI=1S/C19H16O7.C11H19NO4.C6H11NO/c1-26-11-4-2-3-8-13(11)19(25)15-14(16(8)22)17(23)9-5-7(20)6-10(21)12(9)18(15)24;1-7-9-8(3-5-14-7)12-4-6-15-11(13-2)10(12)16-9;8-5-7-6-3-1-2-4-6/h2-4,7,10,20-21,23-24H,5-6H2,1H3;7-11H,3-6H2,1-2H3;5-6H,1-4H2,(H,7,8)/t;7?,8?,9?,10-,11?;/m.1./s1. The smallest absolute Gasteiger partial charge is 0.207 e. The number of ketones is 2. The van der Waals surface area contributed by atoms with E-state index in [1.54, 1.807) is 13.2 Å². The molecule has 6 unspecified atom stereocenters. The Kier molecular flexibility index (Phi) is 11.1. The van der Waals surface area contributed by atoms with Gasteiger partial charge >= 0.3 is 0 Å². The van der Waals surface area contributed by atoms with E-state index in [1.165, 1.54) is 44.9 Å². The molecule has 50 heavy (non-hydrogen) atoms. The molecule has 0 aromatic heterocycles. The highest BCUT2D eigenvalue weighted by Crippen LogP contribution is 2.49. The van der Waals surface area contributed by atoms with Gasteiger partial charge in [-0.1, -0.05) is 25.0 Å². The number of hydrogen-bond donors (Lipinski definition) is 5. The third-order valence-electron chi connectivity index (χ3n) is 10.5. The van der Waals surface area contributed by atoms with Gasteiger partial charge in [-0.2, -0.15) is 0 Å². The van der Waals surface area contributed by atoms with Crippen LogP contribution in [0.1, 0.15) is 94.5 Å². The molecule has 2 aromatic rings. The molecule has 4 fully saturated rings. The van der Waals surface area contributed by atoms with Gasteiger partial charge in [0.1, 0.15) is 23.4 Å². The number of methoxy groups -OCH3 is 2. The van der Waals surface area contributed by atoms with E-state index in [9.17, 15) is 34.8 Å². The highest BCUT2D eigenvalue weighted by molar-refractivity contribution is 6.31. The maximum Gasteiger partial charge on any atom is 0.207 e. The van der Waals surface area contributed by atoms with Crippen molar-refractivity contribution in [1.82, 2.24) is 10.2 Å². The van der Waals surface area contributed by atoms with E-state index in [0.29, 0.717) is 12.1 Å². The molecule has 272 valence electrons. The summed E-state index contributed by atoms with van der Waals surface area (Å²) in [5.41, 5.74) is -0.529. The monoisotopic (exact) mass is 698 g/mol. The van der Waals surface area contributed by atoms with Crippen molar-refractivity contribution in [2.75, 3.05) is 34.0 Å². The highest BCUT2D eigenvalue weighted by Gasteiger charge is 2.51. The van der Waals surface area contributed by atoms with Gasteiger partial charge in [-0.15, -0.1) is 0 Å². The number of benzene rings is 2. The molecule has 0 spiro atoms. The lowest BCUT2D eigenvalue weighted by atomic mass is 9.76. The minimum Gasteiger partial charge on any atom is -0.507 e. The van der Waals surface area contributed by atoms with Gasteiger partial charge in [0.15, 0.2) is 18.3 Å². The van der Waals surface area contributed by atoms with E-state index in [0.717, 1.165) is 32.6 Å². The lowest BCUT2D eigenvalue weighted by Crippen LogP contribution is -2.53. The Hall–Kier alpha value is -3.63. The Balaban J connectivity index is 0.000000152. The second kappa shape index (κ2) is 15.3. The van der Waals surface area contributed by atoms with Crippen LogP contribution in [0.3, 0.4) is 0 Å². The van der Waals surface area contributed by atoms with Crippen molar-refractivity contribution >= 4 is 18.0 Å². The number of aliphatic hydroxyl groups excluding tert-OH is 2. The summed E-state index contributed by atoms with van der Waals surface area (Å²) in [7, 11) is 3.03. The fourth-order valence-corrected chi connectivity index (χ4v) is 8.05. The fraction of sp³-hybridized carbons (Fsp3) is 0.583. The van der Waals surface area contributed by atoms with Crippen LogP contribution in [0, 0.1) is 0 Å². The third kappa shape index (κ3) is 6.61. The molecule has 0 bridgehead atoms. The first-order chi connectivity index (χ1) is 24.1. The van der Waals surface area contributed by atoms with Gasteiger partial charge in [0.25, 0.3) is 0 Å². The second-order valence-corrected chi connectivity index (χ2v) is 13.4. The first-order valence-electron chi connectivity index (χ1n) is 17.2. The number of carbonyl (C=O) groups excluding carboxylic acids is 3. The molecule has 0 radical (unpaired) electrons. The topological polar surface area (TPSA) is 194 Å². The van der Waals surface area contributed by atoms with Crippen molar-refractivity contribution in [3.63, 3.8) is 0 Å². The van der Waals surface area contributed by atoms with Crippen LogP contribution < -0.4 is 10.1 Å². The summed E-state index contributed by atoms with van der Waals surface area (Å²) in [5, 5.41) is 44.2. The third-order valence-corrected chi connectivity index (χ3v) is 10.5. The molecule has 8 rings (SSSR count). The van der Waals surface area contributed by atoms with Gasteiger partial charge in [-0.3, -0.25) is 19.3 Å². The summed E-state index contributed by atoms with van der Waals surface area (Å²) in [5.74, 6) is -2.14. The first-order valence-corrected chi connectivity index (χ1v) is 17.2. The van der Waals surface area contributed by atoms with Crippen molar-refractivity contribution in [3.8, 4) is 17.2 Å². The molecule has 3 aliphatic carbocycles. The second-order valence-electron chi connectivity index (χ2n) is 13.4. The van der Waals surface area contributed by atoms with Crippen molar-refractivity contribution in [2.24, 2.45) is 0 Å². The summed E-state index contributed by atoms with van der Waals surface area (Å²) in [6.07, 6.45) is 4.53. The largest absolute Gasteiger partial charge is 0.507 e. The molecular formula is C36H46N2O12. The van der Waals surface area contributed by atoms with E-state index >= 15 is 0 Å². The fourth-order valence-electron chi connectivity index (χ4n) is 8.05. The van der Waals surface area contributed by atoms with Crippen LogP contribution in [0.15, 0.2) is 18.2 Å². The van der Waals surface area contributed by atoms with Gasteiger partial charge in [-0.25, -0.2) is 0 Å². The predicted octanol–water partition coefficient (Wildman–Crippen LogP) is 2.09. The van der Waals surface area contributed by atoms with Gasteiger partial charge in [0, 0.05) is 61.9 Å². The molecule has 14 heteroatoms. The van der Waals surface area contributed by atoms with Crippen molar-refractivity contribution in [3.05, 3.63) is 51.6 Å². The number of phenolic OH excluding ortho intramolecular Hbond substituents is 2. The molecule has 3 aliphatic heterocycles. The number of aromatic hydroxyl groups is 2. The van der Waals surface area contributed by atoms with Gasteiger partial charge in [0.05, 0.1) is 48.7 Å². The van der Waals surface area contributed by atoms with E-state index in [1.807, 2.05) is 0 Å². The Morgan fingerprint density at radius 1 is 0.960 bits per heavy atom. The first kappa shape index (κ1) is 36.2. The number of morpholine rings is 1. The lowest BCUT2D eigenvalue weighted by Gasteiger charge is -2.37. The zero-order chi connectivity index (χ0) is 35.7. The van der Waals surface area contributed by atoms with Crippen LogP contribution in [0.2, 0.25) is 0 Å². The minimum absolute atomic E-state index is 0.00693. The SMILES string of the molecule is COC1OCCN2C3CCOC(C)C3O[C@H]12.COc1cccc2c1C(=O)c1c(O)c3c(c(O)c1C2=O)CC(O)CC3O.O=CNC1CCCC1. The highest BCUT2D eigenvalue weighted by atomic mass is 16.7. The zero-order valence-electron chi connectivity index (χ0n) is 28.5. The summed E-state index contributed by atoms with van der Waals surface area (Å²) in [6.45, 7) is 4.56. The zero-order valence-corrected chi connectivity index (χ0v) is 28.5. The van der Waals surface area contributed by atoms with Crippen LogP contribution in [0.4, 0.5) is 0 Å². The Bertz CT molecular complexity index is 1590. The molecule has 14 nitrogen and oxygen atoms in total. The Morgan fingerprint density at radius 2 is 1.70 bits per heavy atom. The Labute approximate surface area is 290 Å². The predicted molar refractivity (Wildman–Crippen MR) is 176 cm³/mol. The molecule has 3 saturated heterocycles. The normalized spacial score (nSPS) is 29.9. The van der Waals surface area contributed by atoms with Crippen LogP contribution in [0.25, 0.3) is 0 Å². The molecule has 2 aromatic carbocycles. The van der Waals surface area contributed by atoms with E-state index in [-0.39, 0.29) is 76.7 Å². The summed E-state index contributed by atoms with van der Waals surface area (Å²) >= 11 is 0. The molecule has 5 N–H and O–H groups in total. The van der Waals surface area contributed by atoms with E-state index < -0.39 is 35.3 Å². The number of ether oxygens (including phenoxy) is 5. The van der Waals surface area contributed by atoms with Crippen molar-refractivity contribution in [2.45, 2.75) is 101 Å². The van der Waals surface area contributed by atoms with Crippen LogP contribution in [-0.4, -0.2) is 120 Å². The molecular weight excluding hydrogens is 652 g/mol. The number of nitrogens with one attached hydrogen (secondary N) is 1. The van der Waals surface area contributed by atoms with Crippen molar-refractivity contribution < 1.29 is 58.5 Å². The molecule has 6 aliphatic rings. The van der Waals surface area contributed by atoms with Crippen LogP contribution >= 0.6 is 0 Å². The lowest BCUT2D eigenvalue weighted by molar-refractivity contribution is -0.246. The molecule has 3 heterocycles. The van der Waals surface area contributed by atoms with Crippen LogP contribution in [-0.2, 0) is 30.2 Å². The minimum atomic E-state index is -1.26. The molecule has 1 amide bonds. The maximum atomic E-state index is 13.0. The van der Waals surface area contributed by atoms with Crippen molar-refractivity contribution in [1.29, 1.82) is 0 Å². The van der Waals surface area contributed by atoms with E-state index in [4.69, 9.17) is 23.7 Å². The van der Waals surface area contributed by atoms with Gasteiger partial charge < -0.3 is 49.4 Å².